The molecule has 0 saturated heterocycles. The van der Waals surface area contributed by atoms with Crippen molar-refractivity contribution < 1.29 is 14.3 Å². The highest BCUT2D eigenvalue weighted by molar-refractivity contribution is 5.60. The average Bonchev–Trinajstić information content (AvgIpc) is 2.77. The molecule has 0 fully saturated rings. The Morgan fingerprint density at radius 3 is 1.58 bits per heavy atom. The SMILES string of the molecule is CCCCCCCC/C=C\C(CCCCCCCCCCC)OC(=O)OC(C(C)C)C(C)C. The first-order chi connectivity index (χ1) is 15.9. The fraction of sp³-hybridized carbons (Fsp3) is 0.900. The van der Waals surface area contributed by atoms with Crippen LogP contribution < -0.4 is 0 Å². The summed E-state index contributed by atoms with van der Waals surface area (Å²) in [5.74, 6) is 0.577. The van der Waals surface area contributed by atoms with Crippen molar-refractivity contribution >= 4 is 6.16 Å². The molecule has 0 aromatic carbocycles. The zero-order chi connectivity index (χ0) is 24.7. The molecule has 33 heavy (non-hydrogen) atoms. The fourth-order valence-electron chi connectivity index (χ4n) is 4.45. The number of carbonyl (C=O) groups is 1. The molecule has 0 radical (unpaired) electrons. The standard InChI is InChI=1S/C30H58O3/c1-7-9-11-13-15-17-19-21-23-25-28(24-22-20-18-16-14-12-10-8-2)32-30(31)33-29(26(3)4)27(5)6/h22,24,26-29H,7-21,23,25H2,1-6H3/b24-22-. The lowest BCUT2D eigenvalue weighted by Crippen LogP contribution is -2.30. The molecule has 0 aliphatic heterocycles. The number of rotatable bonds is 22. The maximum atomic E-state index is 12.5. The zero-order valence-electron chi connectivity index (χ0n) is 23.2. The lowest BCUT2D eigenvalue weighted by molar-refractivity contribution is -0.0222. The van der Waals surface area contributed by atoms with E-state index in [1.165, 1.54) is 89.9 Å². The van der Waals surface area contributed by atoms with Gasteiger partial charge >= 0.3 is 6.16 Å². The van der Waals surface area contributed by atoms with Crippen LogP contribution in [0.15, 0.2) is 12.2 Å². The monoisotopic (exact) mass is 466 g/mol. The van der Waals surface area contributed by atoms with Gasteiger partial charge in [-0.25, -0.2) is 4.79 Å². The number of hydrogen-bond acceptors (Lipinski definition) is 3. The Kier molecular flexibility index (Phi) is 22.1. The minimum Gasteiger partial charge on any atom is -0.430 e. The van der Waals surface area contributed by atoms with Crippen LogP contribution in [0.4, 0.5) is 4.79 Å². The van der Waals surface area contributed by atoms with Crippen molar-refractivity contribution in [2.75, 3.05) is 0 Å². The number of unbranched alkanes of at least 4 members (excludes halogenated alkanes) is 14. The van der Waals surface area contributed by atoms with Crippen molar-refractivity contribution in [1.29, 1.82) is 0 Å². The van der Waals surface area contributed by atoms with Crippen LogP contribution in [-0.2, 0) is 9.47 Å². The molecule has 1 unspecified atom stereocenters. The van der Waals surface area contributed by atoms with Crippen LogP contribution in [-0.4, -0.2) is 18.4 Å². The number of ether oxygens (including phenoxy) is 2. The topological polar surface area (TPSA) is 35.5 Å². The van der Waals surface area contributed by atoms with E-state index in [2.05, 4.69) is 53.7 Å². The summed E-state index contributed by atoms with van der Waals surface area (Å²) in [7, 11) is 0. The van der Waals surface area contributed by atoms with E-state index in [1.54, 1.807) is 0 Å². The van der Waals surface area contributed by atoms with Crippen LogP contribution in [0, 0.1) is 11.8 Å². The van der Waals surface area contributed by atoms with Gasteiger partial charge in [-0.3, -0.25) is 0 Å². The maximum absolute atomic E-state index is 12.5. The third-order valence-corrected chi connectivity index (χ3v) is 6.46. The molecule has 196 valence electrons. The molecule has 0 heterocycles. The smallest absolute Gasteiger partial charge is 0.430 e. The summed E-state index contributed by atoms with van der Waals surface area (Å²) < 4.78 is 11.4. The Morgan fingerprint density at radius 1 is 0.636 bits per heavy atom. The van der Waals surface area contributed by atoms with Crippen LogP contribution in [0.5, 0.6) is 0 Å². The molecule has 0 bridgehead atoms. The summed E-state index contributed by atoms with van der Waals surface area (Å²) in [5, 5.41) is 0. The molecular weight excluding hydrogens is 408 g/mol. The van der Waals surface area contributed by atoms with E-state index in [0.717, 1.165) is 19.3 Å². The summed E-state index contributed by atoms with van der Waals surface area (Å²) >= 11 is 0. The van der Waals surface area contributed by atoms with Crippen molar-refractivity contribution in [3.05, 3.63) is 12.2 Å². The highest BCUT2D eigenvalue weighted by Crippen LogP contribution is 2.19. The third kappa shape index (κ3) is 20.1. The molecule has 0 saturated carbocycles. The van der Waals surface area contributed by atoms with Crippen molar-refractivity contribution in [3.63, 3.8) is 0 Å². The van der Waals surface area contributed by atoms with Gasteiger partial charge in [-0.05, 0) is 43.6 Å². The molecule has 1 atom stereocenters. The number of carbonyl (C=O) groups excluding carboxylic acids is 1. The van der Waals surface area contributed by atoms with E-state index in [4.69, 9.17) is 9.47 Å². The molecule has 0 N–H and O–H groups in total. The van der Waals surface area contributed by atoms with E-state index in [1.807, 2.05) is 0 Å². The van der Waals surface area contributed by atoms with Gasteiger partial charge in [0.2, 0.25) is 0 Å². The van der Waals surface area contributed by atoms with Gasteiger partial charge in [0.05, 0.1) is 0 Å². The van der Waals surface area contributed by atoms with Crippen LogP contribution >= 0.6 is 0 Å². The largest absolute Gasteiger partial charge is 0.509 e. The second kappa shape index (κ2) is 22.8. The average molecular weight is 467 g/mol. The minimum absolute atomic E-state index is 0.0991. The van der Waals surface area contributed by atoms with Crippen molar-refractivity contribution in [1.82, 2.24) is 0 Å². The molecule has 3 nitrogen and oxygen atoms in total. The molecule has 0 aromatic rings. The molecule has 0 aliphatic rings. The fourth-order valence-corrected chi connectivity index (χ4v) is 4.45. The highest BCUT2D eigenvalue weighted by Gasteiger charge is 2.24. The second-order valence-corrected chi connectivity index (χ2v) is 10.6. The Balaban J connectivity index is 4.42. The van der Waals surface area contributed by atoms with Crippen LogP contribution in [0.3, 0.4) is 0 Å². The minimum atomic E-state index is -0.507. The summed E-state index contributed by atoms with van der Waals surface area (Å²) in [6.45, 7) is 12.9. The summed E-state index contributed by atoms with van der Waals surface area (Å²) in [5.41, 5.74) is 0. The van der Waals surface area contributed by atoms with Gasteiger partial charge in [0, 0.05) is 0 Å². The molecule has 0 amide bonds. The molecular formula is C30H58O3. The Labute approximate surface area is 207 Å². The summed E-state index contributed by atoms with van der Waals surface area (Å²) in [4.78, 5) is 12.5. The Morgan fingerprint density at radius 2 is 1.09 bits per heavy atom. The summed E-state index contributed by atoms with van der Waals surface area (Å²) in [6, 6.07) is 0. The van der Waals surface area contributed by atoms with Crippen LogP contribution in [0.25, 0.3) is 0 Å². The van der Waals surface area contributed by atoms with Gasteiger partial charge in [-0.1, -0.05) is 131 Å². The summed E-state index contributed by atoms with van der Waals surface area (Å²) in [6.07, 6.45) is 25.1. The molecule has 0 spiro atoms. The number of allylic oxidation sites excluding steroid dienone is 1. The predicted octanol–water partition coefficient (Wildman–Crippen LogP) is 10.4. The van der Waals surface area contributed by atoms with E-state index in [0.29, 0.717) is 0 Å². The second-order valence-electron chi connectivity index (χ2n) is 10.6. The first-order valence-corrected chi connectivity index (χ1v) is 14.5. The quantitative estimate of drug-likeness (QED) is 0.0904. The van der Waals surface area contributed by atoms with Gasteiger partial charge in [0.1, 0.15) is 12.2 Å². The molecule has 3 heteroatoms. The molecule has 0 aromatic heterocycles. The lowest BCUT2D eigenvalue weighted by Gasteiger charge is -2.25. The number of hydrogen-bond donors (Lipinski definition) is 0. The van der Waals surface area contributed by atoms with Crippen LogP contribution in [0.1, 0.15) is 151 Å². The predicted molar refractivity (Wildman–Crippen MR) is 144 cm³/mol. The normalized spacial score (nSPS) is 12.9. The van der Waals surface area contributed by atoms with Gasteiger partial charge in [-0.2, -0.15) is 0 Å². The molecule has 0 rings (SSSR count). The molecule has 0 aliphatic carbocycles. The van der Waals surface area contributed by atoms with Crippen molar-refractivity contribution in [2.24, 2.45) is 11.8 Å². The first kappa shape index (κ1) is 32.0. The van der Waals surface area contributed by atoms with E-state index in [9.17, 15) is 4.79 Å². The van der Waals surface area contributed by atoms with Gasteiger partial charge < -0.3 is 9.47 Å². The van der Waals surface area contributed by atoms with Gasteiger partial charge in [0.15, 0.2) is 0 Å². The Bertz CT molecular complexity index is 447. The van der Waals surface area contributed by atoms with Gasteiger partial charge in [-0.15, -0.1) is 0 Å². The third-order valence-electron chi connectivity index (χ3n) is 6.46. The first-order valence-electron chi connectivity index (χ1n) is 14.5. The van der Waals surface area contributed by atoms with Crippen LogP contribution in [0.2, 0.25) is 0 Å². The lowest BCUT2D eigenvalue weighted by atomic mass is 9.96. The van der Waals surface area contributed by atoms with Crippen molar-refractivity contribution in [3.8, 4) is 0 Å². The van der Waals surface area contributed by atoms with Crippen molar-refractivity contribution in [2.45, 2.75) is 163 Å². The Hall–Kier alpha value is -0.990. The van der Waals surface area contributed by atoms with E-state index in [-0.39, 0.29) is 24.0 Å². The maximum Gasteiger partial charge on any atom is 0.509 e. The highest BCUT2D eigenvalue weighted by atomic mass is 16.7. The van der Waals surface area contributed by atoms with Gasteiger partial charge in [0.25, 0.3) is 0 Å². The van der Waals surface area contributed by atoms with E-state index >= 15 is 0 Å². The van der Waals surface area contributed by atoms with E-state index < -0.39 is 6.16 Å². The zero-order valence-corrected chi connectivity index (χ0v) is 23.2.